The average molecular weight is 361 g/mol. The number of hydrogen-bond acceptors (Lipinski definition) is 6. The maximum Gasteiger partial charge on any atom is 0.286 e. The minimum atomic E-state index is -0.409. The monoisotopic (exact) mass is 361 g/mol. The highest BCUT2D eigenvalue weighted by Crippen LogP contribution is 2.23. The van der Waals surface area contributed by atoms with Crippen LogP contribution in [-0.4, -0.2) is 41.6 Å². The molecule has 130 valence electrons. The van der Waals surface area contributed by atoms with Crippen LogP contribution in [0.3, 0.4) is 0 Å². The van der Waals surface area contributed by atoms with Gasteiger partial charge in [0.15, 0.2) is 0 Å². The van der Waals surface area contributed by atoms with Gasteiger partial charge in [-0.3, -0.25) is 14.9 Å². The van der Waals surface area contributed by atoms with E-state index in [2.05, 4.69) is 10.3 Å². The molecule has 1 aliphatic rings. The van der Waals surface area contributed by atoms with Crippen LogP contribution in [0.15, 0.2) is 48.6 Å². The maximum absolute atomic E-state index is 11.6. The lowest BCUT2D eigenvalue weighted by molar-refractivity contribution is -0.118. The number of carbonyl (C=O) groups is 2. The largest absolute Gasteiger partial charge is 0.492 e. The molecule has 1 aromatic carbocycles. The minimum Gasteiger partial charge on any atom is -0.492 e. The van der Waals surface area contributed by atoms with Gasteiger partial charge in [-0.2, -0.15) is 0 Å². The third-order valence-electron chi connectivity index (χ3n) is 3.62. The van der Waals surface area contributed by atoms with E-state index < -0.39 is 5.25 Å². The summed E-state index contributed by atoms with van der Waals surface area (Å²) in [4.78, 5) is 28.4. The highest BCUT2D eigenvalue weighted by molar-refractivity contribution is 8.15. The molecule has 1 aliphatic heterocycles. The second-order valence-electron chi connectivity index (χ2n) is 5.42. The second kappa shape index (κ2) is 8.02. The van der Waals surface area contributed by atoms with Crippen molar-refractivity contribution in [3.63, 3.8) is 0 Å². The van der Waals surface area contributed by atoms with Gasteiger partial charge in [-0.05, 0) is 36.2 Å². The topological polar surface area (TPSA) is 71.5 Å². The van der Waals surface area contributed by atoms with Gasteiger partial charge in [0.2, 0.25) is 5.91 Å². The van der Waals surface area contributed by atoms with Crippen LogP contribution < -0.4 is 15.0 Å². The number of benzene rings is 1. The number of ether oxygens (including phenoxy) is 1. The number of imide groups is 1. The maximum atomic E-state index is 11.6. The van der Waals surface area contributed by atoms with E-state index >= 15 is 0 Å². The molecule has 2 amide bonds. The summed E-state index contributed by atoms with van der Waals surface area (Å²) >= 11 is 0.996. The molecular formula is C18H19N3O3S. The first kappa shape index (κ1) is 12.8. The normalized spacial score (nSPS) is 18.8. The van der Waals surface area contributed by atoms with E-state index in [1.807, 2.05) is 12.1 Å². The molecule has 1 unspecified atom stereocenters. The molecule has 7 heteroatoms. The molecule has 2 heterocycles. The molecular weight excluding hydrogens is 338 g/mol. The lowest BCUT2D eigenvalue weighted by Gasteiger charge is -2.18. The van der Waals surface area contributed by atoms with Crippen LogP contribution in [0.5, 0.6) is 5.75 Å². The molecule has 6 nitrogen and oxygen atoms in total. The first-order valence-corrected chi connectivity index (χ1v) is 8.53. The van der Waals surface area contributed by atoms with Crippen LogP contribution in [0.1, 0.15) is 11.0 Å². The molecule has 1 fully saturated rings. The number of aromatic nitrogens is 1. The molecule has 3 rings (SSSR count). The number of amides is 2. The summed E-state index contributed by atoms with van der Waals surface area (Å²) in [6, 6.07) is 6.37. The lowest BCUT2D eigenvalue weighted by atomic mass is 10.1. The molecule has 0 saturated carbocycles. The van der Waals surface area contributed by atoms with Gasteiger partial charge >= 0.3 is 0 Å². The fourth-order valence-electron chi connectivity index (χ4n) is 2.27. The third kappa shape index (κ3) is 4.73. The highest BCUT2D eigenvalue weighted by Gasteiger charge is 2.31. The van der Waals surface area contributed by atoms with Crippen LogP contribution in [0, 0.1) is 0 Å². The minimum absolute atomic E-state index is 0.164. The van der Waals surface area contributed by atoms with Crippen molar-refractivity contribution in [1.82, 2.24) is 10.3 Å². The van der Waals surface area contributed by atoms with Crippen molar-refractivity contribution in [2.24, 2.45) is 0 Å². The summed E-state index contributed by atoms with van der Waals surface area (Å²) in [6.07, 6.45) is 0.125. The Hall–Kier alpha value is -2.54. The number of nitrogens with one attached hydrogen (secondary N) is 1. The molecule has 2 aromatic rings. The molecule has 25 heavy (non-hydrogen) atoms. The quantitative estimate of drug-likeness (QED) is 0.817. The molecule has 1 saturated heterocycles. The van der Waals surface area contributed by atoms with Gasteiger partial charge in [0, 0.05) is 13.2 Å². The average Bonchev–Trinajstić information content (AvgIpc) is 3.01. The standard InChI is InChI=1S/C18H19N3O3S/c1-21(16-4-2-3-9-19-16)10-11-24-14-7-5-13(6-8-14)12-15-17(22)20-18(23)25-15/h2-9,15H,10-12H2,1H3,(H,20,22,23)/i2D,3D,4D,9D. The van der Waals surface area contributed by atoms with Gasteiger partial charge in [-0.1, -0.05) is 29.9 Å². The van der Waals surface area contributed by atoms with Crippen molar-refractivity contribution in [3.8, 4) is 5.75 Å². The molecule has 1 atom stereocenters. The number of thioether (sulfide) groups is 1. The molecule has 0 aliphatic carbocycles. The molecule has 0 radical (unpaired) electrons. The Morgan fingerprint density at radius 2 is 2.12 bits per heavy atom. The fraction of sp³-hybridized carbons (Fsp3) is 0.278. The van der Waals surface area contributed by atoms with Crippen LogP contribution in [0.4, 0.5) is 10.6 Å². The zero-order valence-electron chi connectivity index (χ0n) is 17.5. The van der Waals surface area contributed by atoms with Gasteiger partial charge in [-0.25, -0.2) is 4.98 Å². The fourth-order valence-corrected chi connectivity index (χ4v) is 3.13. The van der Waals surface area contributed by atoms with Crippen molar-refractivity contribution in [2.45, 2.75) is 11.7 Å². The Bertz CT molecular complexity index is 943. The van der Waals surface area contributed by atoms with Crippen LogP contribution in [0.25, 0.3) is 0 Å². The summed E-state index contributed by atoms with van der Waals surface area (Å²) in [7, 11) is 1.68. The van der Waals surface area contributed by atoms with E-state index in [1.54, 1.807) is 24.1 Å². The van der Waals surface area contributed by atoms with Crippen molar-refractivity contribution >= 4 is 28.7 Å². The molecule has 1 N–H and O–H groups in total. The Kier molecular flexibility index (Phi) is 4.10. The van der Waals surface area contributed by atoms with Gasteiger partial charge < -0.3 is 9.64 Å². The van der Waals surface area contributed by atoms with E-state index in [4.69, 9.17) is 10.2 Å². The predicted octanol–water partition coefficient (Wildman–Crippen LogP) is 2.49. The summed E-state index contributed by atoms with van der Waals surface area (Å²) < 4.78 is 36.5. The smallest absolute Gasteiger partial charge is 0.286 e. The summed E-state index contributed by atoms with van der Waals surface area (Å²) in [6.45, 7) is 0.660. The van der Waals surface area contributed by atoms with Crippen molar-refractivity contribution < 1.29 is 19.8 Å². The van der Waals surface area contributed by atoms with Gasteiger partial charge in [0.25, 0.3) is 5.24 Å². The van der Waals surface area contributed by atoms with Crippen molar-refractivity contribution in [1.29, 1.82) is 0 Å². The molecule has 1 aromatic heterocycles. The number of pyridine rings is 1. The Morgan fingerprint density at radius 3 is 2.84 bits per heavy atom. The molecule has 0 spiro atoms. The Morgan fingerprint density at radius 1 is 1.32 bits per heavy atom. The zero-order chi connectivity index (χ0) is 21.1. The van der Waals surface area contributed by atoms with Crippen molar-refractivity contribution in [2.75, 3.05) is 25.1 Å². The number of anilines is 1. The highest BCUT2D eigenvalue weighted by atomic mass is 32.2. The van der Waals surface area contributed by atoms with E-state index in [-0.39, 0.29) is 47.9 Å². The third-order valence-corrected chi connectivity index (χ3v) is 4.60. The van der Waals surface area contributed by atoms with Gasteiger partial charge in [-0.15, -0.1) is 0 Å². The van der Waals surface area contributed by atoms with E-state index in [9.17, 15) is 9.59 Å². The number of hydrogen-bond donors (Lipinski definition) is 1. The summed E-state index contributed by atoms with van der Waals surface area (Å²) in [5.74, 6) is 0.525. The summed E-state index contributed by atoms with van der Waals surface area (Å²) in [5.41, 5.74) is 0.918. The SMILES string of the molecule is [2H]c1nc(N(C)CCOc2ccc(CC3SC(=O)NC3=O)cc2)c([2H])c([2H])c1[2H]. The van der Waals surface area contributed by atoms with Gasteiger partial charge in [0.1, 0.15) is 18.2 Å². The predicted molar refractivity (Wildman–Crippen MR) is 98.1 cm³/mol. The van der Waals surface area contributed by atoms with Crippen LogP contribution in [0.2, 0.25) is 0 Å². The van der Waals surface area contributed by atoms with E-state index in [1.165, 1.54) is 0 Å². The van der Waals surface area contributed by atoms with Gasteiger partial charge in [0.05, 0.1) is 17.3 Å². The van der Waals surface area contributed by atoms with Crippen molar-refractivity contribution in [3.05, 3.63) is 54.1 Å². The number of likely N-dealkylation sites (N-methyl/N-ethyl adjacent to an activating group) is 1. The number of nitrogens with zero attached hydrogens (tertiary/aromatic N) is 2. The molecule has 0 bridgehead atoms. The second-order valence-corrected chi connectivity index (χ2v) is 6.60. The van der Waals surface area contributed by atoms with Crippen LogP contribution >= 0.6 is 11.8 Å². The first-order valence-electron chi connectivity index (χ1n) is 9.65. The first-order chi connectivity index (χ1) is 13.8. The number of carbonyl (C=O) groups excluding carboxylic acids is 2. The number of rotatable bonds is 7. The Balaban J connectivity index is 1.53. The zero-order valence-corrected chi connectivity index (χ0v) is 14.4. The van der Waals surface area contributed by atoms with Crippen LogP contribution in [-0.2, 0) is 11.2 Å². The van der Waals surface area contributed by atoms with E-state index in [0.717, 1.165) is 17.3 Å². The summed E-state index contributed by atoms with van der Waals surface area (Å²) in [5, 5.41) is 1.54. The lowest BCUT2D eigenvalue weighted by Crippen LogP contribution is -2.25. The Labute approximate surface area is 156 Å². The van der Waals surface area contributed by atoms with E-state index in [0.29, 0.717) is 18.7 Å².